The van der Waals surface area contributed by atoms with Gasteiger partial charge in [-0.1, -0.05) is 36.8 Å². The van der Waals surface area contributed by atoms with E-state index in [2.05, 4.69) is 21.2 Å². The molecule has 2 aromatic rings. The SMILES string of the molecule is CC[C@@H](C)Oc1c(Br)cc(/C=C2/NC(=O)N(Cc3ccc(C)cc3)C2=O)cc1OC. The number of carbonyl (C=O) groups excluding carboxylic acids is 2. The number of aryl methyl sites for hydroxylation is 1. The minimum absolute atomic E-state index is 0.0328. The Hall–Kier alpha value is -2.80. The minimum Gasteiger partial charge on any atom is -0.493 e. The molecule has 0 radical (unpaired) electrons. The summed E-state index contributed by atoms with van der Waals surface area (Å²) in [4.78, 5) is 26.3. The second kappa shape index (κ2) is 9.34. The van der Waals surface area contributed by atoms with Crippen molar-refractivity contribution in [2.45, 2.75) is 39.8 Å². The summed E-state index contributed by atoms with van der Waals surface area (Å²) < 4.78 is 12.1. The van der Waals surface area contributed by atoms with Gasteiger partial charge in [-0.15, -0.1) is 0 Å². The average molecular weight is 473 g/mol. The van der Waals surface area contributed by atoms with E-state index in [1.165, 1.54) is 4.90 Å². The summed E-state index contributed by atoms with van der Waals surface area (Å²) in [5.74, 6) is 0.789. The van der Waals surface area contributed by atoms with E-state index in [9.17, 15) is 9.59 Å². The highest BCUT2D eigenvalue weighted by Crippen LogP contribution is 2.38. The normalized spacial score (nSPS) is 16.0. The summed E-state index contributed by atoms with van der Waals surface area (Å²) >= 11 is 3.52. The fourth-order valence-corrected chi connectivity index (χ4v) is 3.53. The van der Waals surface area contributed by atoms with Crippen LogP contribution in [0.15, 0.2) is 46.6 Å². The minimum atomic E-state index is -0.436. The number of benzene rings is 2. The van der Waals surface area contributed by atoms with E-state index < -0.39 is 6.03 Å². The maximum atomic E-state index is 12.8. The monoisotopic (exact) mass is 472 g/mol. The molecule has 1 fully saturated rings. The Labute approximate surface area is 185 Å². The molecule has 0 unspecified atom stereocenters. The molecule has 0 aliphatic carbocycles. The molecule has 3 rings (SSSR count). The van der Waals surface area contributed by atoms with E-state index in [-0.39, 0.29) is 24.3 Å². The molecular formula is C23H25BrN2O4. The van der Waals surface area contributed by atoms with Crippen molar-refractivity contribution in [2.75, 3.05) is 7.11 Å². The second-order valence-electron chi connectivity index (χ2n) is 7.24. The standard InChI is InChI=1S/C23H25BrN2O4/c1-5-15(3)30-21-18(24)10-17(12-20(21)29-4)11-19-22(27)26(23(28)25-19)13-16-8-6-14(2)7-9-16/h6-12,15H,5,13H2,1-4H3,(H,25,28)/b19-11+/t15-/m1/s1. The summed E-state index contributed by atoms with van der Waals surface area (Å²) in [6.07, 6.45) is 2.53. The molecule has 0 aromatic heterocycles. The molecule has 0 spiro atoms. The summed E-state index contributed by atoms with van der Waals surface area (Å²) in [5, 5.41) is 2.66. The van der Waals surface area contributed by atoms with Crippen molar-refractivity contribution >= 4 is 33.9 Å². The lowest BCUT2D eigenvalue weighted by Gasteiger charge is -2.17. The molecule has 6 nitrogen and oxygen atoms in total. The van der Waals surface area contributed by atoms with Crippen LogP contribution in [0.5, 0.6) is 11.5 Å². The largest absolute Gasteiger partial charge is 0.493 e. The van der Waals surface area contributed by atoms with Crippen LogP contribution in [-0.2, 0) is 11.3 Å². The maximum Gasteiger partial charge on any atom is 0.329 e. The van der Waals surface area contributed by atoms with Crippen molar-refractivity contribution < 1.29 is 19.1 Å². The number of carbonyl (C=O) groups is 2. The first kappa shape index (κ1) is 21.9. The second-order valence-corrected chi connectivity index (χ2v) is 8.09. The fraction of sp³-hybridized carbons (Fsp3) is 0.304. The van der Waals surface area contributed by atoms with E-state index in [1.807, 2.05) is 51.1 Å². The van der Waals surface area contributed by atoms with Crippen LogP contribution in [0.1, 0.15) is 37.0 Å². The molecule has 30 heavy (non-hydrogen) atoms. The van der Waals surface area contributed by atoms with Gasteiger partial charge in [0.05, 0.1) is 24.2 Å². The third-order valence-corrected chi connectivity index (χ3v) is 5.47. The molecule has 1 saturated heterocycles. The first-order valence-corrected chi connectivity index (χ1v) is 10.6. The third-order valence-electron chi connectivity index (χ3n) is 4.88. The Morgan fingerprint density at radius 1 is 1.20 bits per heavy atom. The highest BCUT2D eigenvalue weighted by atomic mass is 79.9. The van der Waals surface area contributed by atoms with Gasteiger partial charge in [0, 0.05) is 0 Å². The zero-order chi connectivity index (χ0) is 21.8. The first-order chi connectivity index (χ1) is 14.3. The van der Waals surface area contributed by atoms with Crippen molar-refractivity contribution in [3.63, 3.8) is 0 Å². The van der Waals surface area contributed by atoms with Gasteiger partial charge in [-0.05, 0) is 65.5 Å². The van der Waals surface area contributed by atoms with E-state index in [0.717, 1.165) is 17.5 Å². The van der Waals surface area contributed by atoms with Crippen LogP contribution in [0.2, 0.25) is 0 Å². The van der Waals surface area contributed by atoms with Crippen molar-refractivity contribution in [1.82, 2.24) is 10.2 Å². The van der Waals surface area contributed by atoms with Gasteiger partial charge >= 0.3 is 6.03 Å². The number of nitrogens with zero attached hydrogens (tertiary/aromatic N) is 1. The highest BCUT2D eigenvalue weighted by Gasteiger charge is 2.33. The quantitative estimate of drug-likeness (QED) is 0.452. The lowest BCUT2D eigenvalue weighted by atomic mass is 10.1. The Morgan fingerprint density at radius 2 is 1.90 bits per heavy atom. The molecule has 7 heteroatoms. The molecule has 1 aliphatic heterocycles. The lowest BCUT2D eigenvalue weighted by molar-refractivity contribution is -0.123. The van der Waals surface area contributed by atoms with E-state index in [0.29, 0.717) is 21.5 Å². The van der Waals surface area contributed by atoms with Crippen LogP contribution in [0, 0.1) is 6.92 Å². The number of nitrogens with one attached hydrogen (secondary N) is 1. The Morgan fingerprint density at radius 3 is 2.53 bits per heavy atom. The number of rotatable bonds is 7. The molecule has 1 aliphatic rings. The number of urea groups is 1. The molecule has 2 aromatic carbocycles. The van der Waals surface area contributed by atoms with Gasteiger partial charge in [0.1, 0.15) is 5.70 Å². The van der Waals surface area contributed by atoms with Gasteiger partial charge in [0.15, 0.2) is 11.5 Å². The summed E-state index contributed by atoms with van der Waals surface area (Å²) in [6.45, 7) is 6.23. The molecule has 3 amide bonds. The first-order valence-electron chi connectivity index (χ1n) is 9.76. The zero-order valence-electron chi connectivity index (χ0n) is 17.5. The Bertz CT molecular complexity index is 985. The van der Waals surface area contributed by atoms with Gasteiger partial charge in [-0.3, -0.25) is 9.69 Å². The lowest BCUT2D eigenvalue weighted by Crippen LogP contribution is -2.30. The third kappa shape index (κ3) is 4.84. The average Bonchev–Trinajstić information content (AvgIpc) is 2.98. The predicted molar refractivity (Wildman–Crippen MR) is 119 cm³/mol. The van der Waals surface area contributed by atoms with Gasteiger partial charge < -0.3 is 14.8 Å². The van der Waals surface area contributed by atoms with E-state index in [1.54, 1.807) is 19.3 Å². The number of ether oxygens (including phenoxy) is 2. The van der Waals surface area contributed by atoms with Crippen LogP contribution >= 0.6 is 15.9 Å². The fourth-order valence-electron chi connectivity index (χ4n) is 2.98. The molecule has 1 N–H and O–H groups in total. The van der Waals surface area contributed by atoms with Crippen molar-refractivity contribution in [1.29, 1.82) is 0 Å². The molecule has 1 heterocycles. The van der Waals surface area contributed by atoms with Gasteiger partial charge in [0.2, 0.25) is 0 Å². The number of methoxy groups -OCH3 is 1. The van der Waals surface area contributed by atoms with Gasteiger partial charge in [0.25, 0.3) is 5.91 Å². The molecule has 0 bridgehead atoms. The molecule has 1 atom stereocenters. The van der Waals surface area contributed by atoms with E-state index in [4.69, 9.17) is 9.47 Å². The van der Waals surface area contributed by atoms with Crippen LogP contribution in [0.3, 0.4) is 0 Å². The van der Waals surface area contributed by atoms with Crippen molar-refractivity contribution in [3.8, 4) is 11.5 Å². The smallest absolute Gasteiger partial charge is 0.329 e. The highest BCUT2D eigenvalue weighted by molar-refractivity contribution is 9.10. The van der Waals surface area contributed by atoms with Crippen molar-refractivity contribution in [2.24, 2.45) is 0 Å². The Balaban J connectivity index is 1.84. The molecular weight excluding hydrogens is 448 g/mol. The van der Waals surface area contributed by atoms with Crippen molar-refractivity contribution in [3.05, 3.63) is 63.3 Å². The topological polar surface area (TPSA) is 67.9 Å². The van der Waals surface area contributed by atoms with Gasteiger partial charge in [-0.2, -0.15) is 0 Å². The summed E-state index contributed by atoms with van der Waals surface area (Å²) in [5.41, 5.74) is 2.94. The van der Waals surface area contributed by atoms with Crippen LogP contribution < -0.4 is 14.8 Å². The number of hydrogen-bond donors (Lipinski definition) is 1. The molecule has 0 saturated carbocycles. The summed E-state index contributed by atoms with van der Waals surface area (Å²) in [7, 11) is 1.56. The number of halogens is 1. The van der Waals surface area contributed by atoms with Crippen LogP contribution in [0.25, 0.3) is 6.08 Å². The van der Waals surface area contributed by atoms with Gasteiger partial charge in [-0.25, -0.2) is 4.79 Å². The van der Waals surface area contributed by atoms with Crippen LogP contribution in [-0.4, -0.2) is 30.1 Å². The maximum absolute atomic E-state index is 12.8. The predicted octanol–water partition coefficient (Wildman–Crippen LogP) is 5.04. The number of hydrogen-bond acceptors (Lipinski definition) is 4. The zero-order valence-corrected chi connectivity index (χ0v) is 19.1. The number of amides is 3. The Kier molecular flexibility index (Phi) is 6.82. The number of imide groups is 1. The van der Waals surface area contributed by atoms with Crippen LogP contribution in [0.4, 0.5) is 4.79 Å². The van der Waals surface area contributed by atoms with E-state index >= 15 is 0 Å². The molecule has 158 valence electrons. The summed E-state index contributed by atoms with van der Waals surface area (Å²) in [6, 6.07) is 10.9.